The number of aliphatic hydroxyl groups is 1. The van der Waals surface area contributed by atoms with Crippen LogP contribution in [0.2, 0.25) is 0 Å². The fourth-order valence-electron chi connectivity index (χ4n) is 1.60. The highest BCUT2D eigenvalue weighted by Crippen LogP contribution is 2.21. The monoisotopic (exact) mass is 244 g/mol. The SMILES string of the molecule is CCC(C)(CN)C(=O)NCC(O)CC(C)(C)C. The molecular formula is C13H28N2O2. The van der Waals surface area contributed by atoms with E-state index in [4.69, 9.17) is 5.73 Å². The molecule has 102 valence electrons. The van der Waals surface area contributed by atoms with E-state index in [1.807, 2.05) is 13.8 Å². The Hall–Kier alpha value is -0.610. The summed E-state index contributed by atoms with van der Waals surface area (Å²) in [6, 6.07) is 0. The summed E-state index contributed by atoms with van der Waals surface area (Å²) >= 11 is 0. The van der Waals surface area contributed by atoms with Crippen molar-refractivity contribution < 1.29 is 9.90 Å². The summed E-state index contributed by atoms with van der Waals surface area (Å²) < 4.78 is 0. The lowest BCUT2D eigenvalue weighted by molar-refractivity contribution is -0.130. The Kier molecular flexibility index (Phi) is 6.13. The quantitative estimate of drug-likeness (QED) is 0.658. The second-order valence-corrected chi connectivity index (χ2v) is 6.25. The van der Waals surface area contributed by atoms with E-state index in [-0.39, 0.29) is 11.3 Å². The molecule has 1 amide bonds. The molecule has 0 heterocycles. The van der Waals surface area contributed by atoms with E-state index >= 15 is 0 Å². The zero-order valence-corrected chi connectivity index (χ0v) is 11.8. The number of carbonyl (C=O) groups is 1. The van der Waals surface area contributed by atoms with Crippen LogP contribution < -0.4 is 11.1 Å². The Balaban J connectivity index is 4.16. The molecular weight excluding hydrogens is 216 g/mol. The Morgan fingerprint density at radius 2 is 1.88 bits per heavy atom. The van der Waals surface area contributed by atoms with Gasteiger partial charge < -0.3 is 16.2 Å². The molecule has 17 heavy (non-hydrogen) atoms. The zero-order chi connectivity index (χ0) is 13.7. The van der Waals surface area contributed by atoms with Crippen molar-refractivity contribution in [1.29, 1.82) is 0 Å². The molecule has 0 bridgehead atoms. The number of rotatable bonds is 6. The molecule has 0 aromatic carbocycles. The summed E-state index contributed by atoms with van der Waals surface area (Å²) in [5.41, 5.74) is 5.14. The molecule has 0 aromatic heterocycles. The molecule has 0 aliphatic rings. The second kappa shape index (κ2) is 6.36. The Morgan fingerprint density at radius 3 is 2.24 bits per heavy atom. The molecule has 0 saturated carbocycles. The molecule has 2 unspecified atom stereocenters. The highest BCUT2D eigenvalue weighted by Gasteiger charge is 2.29. The Bertz CT molecular complexity index is 242. The molecule has 0 fully saturated rings. The Morgan fingerprint density at radius 1 is 1.35 bits per heavy atom. The summed E-state index contributed by atoms with van der Waals surface area (Å²) in [6.45, 7) is 10.6. The van der Waals surface area contributed by atoms with Gasteiger partial charge in [0, 0.05) is 13.1 Å². The average molecular weight is 244 g/mol. The maximum Gasteiger partial charge on any atom is 0.227 e. The van der Waals surface area contributed by atoms with Crippen LogP contribution in [0.3, 0.4) is 0 Å². The minimum absolute atomic E-state index is 0.0616. The normalized spacial score (nSPS) is 17.4. The Labute approximate surface area is 105 Å². The van der Waals surface area contributed by atoms with Crippen molar-refractivity contribution in [1.82, 2.24) is 5.32 Å². The van der Waals surface area contributed by atoms with Gasteiger partial charge in [-0.1, -0.05) is 27.7 Å². The topological polar surface area (TPSA) is 75.4 Å². The zero-order valence-electron chi connectivity index (χ0n) is 11.8. The standard InChI is InChI=1S/C13H28N2O2/c1-6-13(5,9-14)11(17)15-8-10(16)7-12(2,3)4/h10,16H,6-9,14H2,1-5H3,(H,15,17). The van der Waals surface area contributed by atoms with Crippen LogP contribution in [0.5, 0.6) is 0 Å². The van der Waals surface area contributed by atoms with Gasteiger partial charge in [0.15, 0.2) is 0 Å². The van der Waals surface area contributed by atoms with E-state index in [1.54, 1.807) is 0 Å². The summed E-state index contributed by atoms with van der Waals surface area (Å²) in [5, 5.41) is 12.6. The molecule has 4 nitrogen and oxygen atoms in total. The van der Waals surface area contributed by atoms with Gasteiger partial charge in [0.25, 0.3) is 0 Å². The predicted molar refractivity (Wildman–Crippen MR) is 70.5 cm³/mol. The molecule has 0 saturated heterocycles. The molecule has 2 atom stereocenters. The number of carbonyl (C=O) groups excluding carboxylic acids is 1. The lowest BCUT2D eigenvalue weighted by Gasteiger charge is -2.27. The first kappa shape index (κ1) is 16.4. The van der Waals surface area contributed by atoms with Crippen LogP contribution in [-0.2, 0) is 4.79 Å². The van der Waals surface area contributed by atoms with Crippen LogP contribution >= 0.6 is 0 Å². The van der Waals surface area contributed by atoms with E-state index in [0.29, 0.717) is 25.9 Å². The van der Waals surface area contributed by atoms with Crippen LogP contribution in [0.25, 0.3) is 0 Å². The second-order valence-electron chi connectivity index (χ2n) is 6.25. The van der Waals surface area contributed by atoms with Crippen molar-refractivity contribution >= 4 is 5.91 Å². The predicted octanol–water partition coefficient (Wildman–Crippen LogP) is 1.27. The fraction of sp³-hybridized carbons (Fsp3) is 0.923. The van der Waals surface area contributed by atoms with Crippen LogP contribution in [0, 0.1) is 10.8 Å². The molecule has 4 heteroatoms. The number of nitrogens with one attached hydrogen (secondary N) is 1. The van der Waals surface area contributed by atoms with Crippen LogP contribution in [-0.4, -0.2) is 30.2 Å². The molecule has 0 aromatic rings. The third-order valence-electron chi connectivity index (χ3n) is 3.13. The van der Waals surface area contributed by atoms with Gasteiger partial charge in [-0.25, -0.2) is 0 Å². The first-order valence-electron chi connectivity index (χ1n) is 6.31. The molecule has 0 aliphatic heterocycles. The first-order valence-corrected chi connectivity index (χ1v) is 6.31. The van der Waals surface area contributed by atoms with Gasteiger partial charge in [-0.3, -0.25) is 4.79 Å². The number of hydrogen-bond donors (Lipinski definition) is 3. The summed E-state index contributed by atoms with van der Waals surface area (Å²) in [6.07, 6.45) is 0.863. The highest BCUT2D eigenvalue weighted by molar-refractivity contribution is 5.82. The minimum Gasteiger partial charge on any atom is -0.391 e. The third kappa shape index (κ3) is 6.03. The number of hydrogen-bond acceptors (Lipinski definition) is 3. The number of amides is 1. The number of nitrogens with two attached hydrogens (primary N) is 1. The van der Waals surface area contributed by atoms with Crippen molar-refractivity contribution in [3.63, 3.8) is 0 Å². The highest BCUT2D eigenvalue weighted by atomic mass is 16.3. The van der Waals surface area contributed by atoms with Crippen molar-refractivity contribution in [3.8, 4) is 0 Å². The van der Waals surface area contributed by atoms with Crippen molar-refractivity contribution in [2.45, 2.75) is 53.6 Å². The summed E-state index contributed by atoms with van der Waals surface area (Å²) in [5.74, 6) is -0.0736. The molecule has 0 aliphatic carbocycles. The van der Waals surface area contributed by atoms with Gasteiger partial charge in [0.2, 0.25) is 5.91 Å². The van der Waals surface area contributed by atoms with Gasteiger partial charge >= 0.3 is 0 Å². The van der Waals surface area contributed by atoms with Crippen LogP contribution in [0.4, 0.5) is 0 Å². The number of aliphatic hydroxyl groups excluding tert-OH is 1. The summed E-state index contributed by atoms with van der Waals surface area (Å²) in [7, 11) is 0. The van der Waals surface area contributed by atoms with Gasteiger partial charge in [-0.15, -0.1) is 0 Å². The van der Waals surface area contributed by atoms with E-state index in [2.05, 4.69) is 26.1 Å². The van der Waals surface area contributed by atoms with E-state index < -0.39 is 11.5 Å². The van der Waals surface area contributed by atoms with Crippen molar-refractivity contribution in [2.75, 3.05) is 13.1 Å². The van der Waals surface area contributed by atoms with Crippen LogP contribution in [0.15, 0.2) is 0 Å². The van der Waals surface area contributed by atoms with Gasteiger partial charge in [-0.2, -0.15) is 0 Å². The first-order chi connectivity index (χ1) is 7.64. The average Bonchev–Trinajstić information content (AvgIpc) is 2.22. The maximum absolute atomic E-state index is 11.9. The van der Waals surface area contributed by atoms with Crippen molar-refractivity contribution in [2.24, 2.45) is 16.6 Å². The fourth-order valence-corrected chi connectivity index (χ4v) is 1.60. The van der Waals surface area contributed by atoms with Gasteiger partial charge in [0.05, 0.1) is 11.5 Å². The summed E-state index contributed by atoms with van der Waals surface area (Å²) in [4.78, 5) is 11.9. The van der Waals surface area contributed by atoms with E-state index in [9.17, 15) is 9.90 Å². The van der Waals surface area contributed by atoms with E-state index in [1.165, 1.54) is 0 Å². The van der Waals surface area contributed by atoms with Crippen molar-refractivity contribution in [3.05, 3.63) is 0 Å². The molecule has 0 rings (SSSR count). The van der Waals surface area contributed by atoms with Gasteiger partial charge in [-0.05, 0) is 25.2 Å². The minimum atomic E-state index is -0.526. The lowest BCUT2D eigenvalue weighted by Crippen LogP contribution is -2.46. The van der Waals surface area contributed by atoms with Gasteiger partial charge in [0.1, 0.15) is 0 Å². The lowest BCUT2D eigenvalue weighted by atomic mass is 9.86. The molecule has 0 spiro atoms. The maximum atomic E-state index is 11.9. The third-order valence-corrected chi connectivity index (χ3v) is 3.13. The molecule has 4 N–H and O–H groups in total. The smallest absolute Gasteiger partial charge is 0.227 e. The van der Waals surface area contributed by atoms with Crippen LogP contribution in [0.1, 0.15) is 47.5 Å². The van der Waals surface area contributed by atoms with E-state index in [0.717, 1.165) is 0 Å². The molecule has 0 radical (unpaired) electrons. The largest absolute Gasteiger partial charge is 0.391 e.